The molecule has 2 N–H and O–H groups in total. The maximum atomic E-state index is 12.9. The van der Waals surface area contributed by atoms with Crippen LogP contribution in [0.1, 0.15) is 5.56 Å². The maximum Gasteiger partial charge on any atom is 0.160 e. The number of phenols is 1. The number of aromatic hydroxyl groups is 1. The van der Waals surface area contributed by atoms with E-state index in [4.69, 9.17) is 16.3 Å². The van der Waals surface area contributed by atoms with Gasteiger partial charge in [0, 0.05) is 6.54 Å². The van der Waals surface area contributed by atoms with Crippen LogP contribution in [0.25, 0.3) is 0 Å². The van der Waals surface area contributed by atoms with Crippen molar-refractivity contribution in [3.8, 4) is 11.5 Å². The molecule has 2 aromatic carbocycles. The first-order valence-corrected chi connectivity index (χ1v) is 6.03. The largest absolute Gasteiger partial charge is 0.504 e. The third-order valence-electron chi connectivity index (χ3n) is 2.66. The Labute approximate surface area is 115 Å². The van der Waals surface area contributed by atoms with Gasteiger partial charge in [-0.3, -0.25) is 0 Å². The van der Waals surface area contributed by atoms with Gasteiger partial charge in [0.05, 0.1) is 17.8 Å². The Balaban J connectivity index is 2.08. The molecule has 0 aromatic heterocycles. The van der Waals surface area contributed by atoms with E-state index in [2.05, 4.69) is 5.32 Å². The van der Waals surface area contributed by atoms with Crippen molar-refractivity contribution in [1.29, 1.82) is 0 Å². The van der Waals surface area contributed by atoms with E-state index in [1.54, 1.807) is 18.2 Å². The summed E-state index contributed by atoms with van der Waals surface area (Å²) >= 11 is 5.90. The summed E-state index contributed by atoms with van der Waals surface area (Å²) in [5.41, 5.74) is 1.50. The Kier molecular flexibility index (Phi) is 4.12. The lowest BCUT2D eigenvalue weighted by Crippen LogP contribution is -2.00. The molecular weight excluding hydrogens is 269 g/mol. The van der Waals surface area contributed by atoms with Crippen LogP contribution >= 0.6 is 11.6 Å². The summed E-state index contributed by atoms with van der Waals surface area (Å²) in [6.45, 7) is 0.461. The number of rotatable bonds is 4. The van der Waals surface area contributed by atoms with Gasteiger partial charge in [0.25, 0.3) is 0 Å². The van der Waals surface area contributed by atoms with Crippen molar-refractivity contribution in [2.45, 2.75) is 6.54 Å². The van der Waals surface area contributed by atoms with Crippen LogP contribution in [0.4, 0.5) is 10.1 Å². The monoisotopic (exact) mass is 281 g/mol. The van der Waals surface area contributed by atoms with Gasteiger partial charge in [0.15, 0.2) is 11.5 Å². The molecule has 0 bridgehead atoms. The fraction of sp³-hybridized carbons (Fsp3) is 0.143. The second-order valence-electron chi connectivity index (χ2n) is 3.98. The molecule has 5 heteroatoms. The molecule has 0 heterocycles. The molecule has 0 fully saturated rings. The van der Waals surface area contributed by atoms with Gasteiger partial charge in [-0.15, -0.1) is 0 Å². The molecule has 0 saturated heterocycles. The number of hydrogen-bond acceptors (Lipinski definition) is 3. The summed E-state index contributed by atoms with van der Waals surface area (Å²) in [5, 5.41) is 13.0. The zero-order chi connectivity index (χ0) is 13.8. The fourth-order valence-electron chi connectivity index (χ4n) is 1.68. The van der Waals surface area contributed by atoms with E-state index >= 15 is 0 Å². The summed E-state index contributed by atoms with van der Waals surface area (Å²) in [5.74, 6) is 0.119. The average Bonchev–Trinajstić information content (AvgIpc) is 2.38. The van der Waals surface area contributed by atoms with Crippen LogP contribution in [-0.4, -0.2) is 12.2 Å². The van der Waals surface area contributed by atoms with Crippen molar-refractivity contribution in [2.24, 2.45) is 0 Å². The molecule has 19 heavy (non-hydrogen) atoms. The fourth-order valence-corrected chi connectivity index (χ4v) is 1.91. The predicted molar refractivity (Wildman–Crippen MR) is 73.4 cm³/mol. The van der Waals surface area contributed by atoms with E-state index in [9.17, 15) is 9.50 Å². The van der Waals surface area contributed by atoms with E-state index in [1.165, 1.54) is 19.2 Å². The number of methoxy groups -OCH3 is 1. The van der Waals surface area contributed by atoms with Gasteiger partial charge in [0.2, 0.25) is 0 Å². The van der Waals surface area contributed by atoms with Crippen LogP contribution in [-0.2, 0) is 6.54 Å². The summed E-state index contributed by atoms with van der Waals surface area (Å²) in [6, 6.07) is 9.25. The zero-order valence-corrected chi connectivity index (χ0v) is 11.0. The van der Waals surface area contributed by atoms with Crippen molar-refractivity contribution in [3.63, 3.8) is 0 Å². The Bertz CT molecular complexity index is 590. The molecule has 2 aromatic rings. The summed E-state index contributed by atoms with van der Waals surface area (Å²) in [7, 11) is 1.49. The minimum absolute atomic E-state index is 0.0759. The highest BCUT2D eigenvalue weighted by Crippen LogP contribution is 2.27. The second-order valence-corrected chi connectivity index (χ2v) is 4.39. The zero-order valence-electron chi connectivity index (χ0n) is 10.3. The molecule has 0 aliphatic rings. The molecule has 0 aliphatic heterocycles. The average molecular weight is 282 g/mol. The van der Waals surface area contributed by atoms with E-state index in [0.717, 1.165) is 5.56 Å². The quantitative estimate of drug-likeness (QED) is 0.895. The normalized spacial score (nSPS) is 10.3. The number of phenolic OH excluding ortho intramolecular Hbond substituents is 1. The molecule has 0 spiro atoms. The van der Waals surface area contributed by atoms with Crippen LogP contribution in [0.5, 0.6) is 11.5 Å². The predicted octanol–water partition coefficient (Wildman–Crippen LogP) is 3.81. The van der Waals surface area contributed by atoms with Gasteiger partial charge in [-0.2, -0.15) is 0 Å². The van der Waals surface area contributed by atoms with Gasteiger partial charge < -0.3 is 15.2 Å². The van der Waals surface area contributed by atoms with E-state index < -0.39 is 0 Å². The molecule has 0 saturated carbocycles. The second kappa shape index (κ2) is 5.80. The SMILES string of the molecule is COc1ccc(CNc2ccc(F)cc2Cl)cc1O. The van der Waals surface area contributed by atoms with Crippen LogP contribution in [0.2, 0.25) is 5.02 Å². The number of halogens is 2. The molecule has 0 unspecified atom stereocenters. The minimum atomic E-state index is -0.377. The van der Waals surface area contributed by atoms with Crippen molar-refractivity contribution in [2.75, 3.05) is 12.4 Å². The number of hydrogen-bond donors (Lipinski definition) is 2. The van der Waals surface area contributed by atoms with Crippen molar-refractivity contribution >= 4 is 17.3 Å². The van der Waals surface area contributed by atoms with Gasteiger partial charge in [0.1, 0.15) is 5.82 Å². The van der Waals surface area contributed by atoms with Crippen LogP contribution in [0.15, 0.2) is 36.4 Å². The van der Waals surface area contributed by atoms with Crippen LogP contribution in [0.3, 0.4) is 0 Å². The molecule has 0 atom stereocenters. The number of benzene rings is 2. The Morgan fingerprint density at radius 3 is 2.68 bits per heavy atom. The summed E-state index contributed by atoms with van der Waals surface area (Å²) in [6.07, 6.45) is 0. The highest BCUT2D eigenvalue weighted by atomic mass is 35.5. The van der Waals surface area contributed by atoms with E-state index in [0.29, 0.717) is 23.0 Å². The first-order chi connectivity index (χ1) is 9.10. The standard InChI is InChI=1S/C14H13ClFNO2/c1-19-14-5-2-9(6-13(14)18)8-17-12-4-3-10(16)7-11(12)15/h2-7,17-18H,8H2,1H3. The van der Waals surface area contributed by atoms with Gasteiger partial charge >= 0.3 is 0 Å². The molecule has 0 aliphatic carbocycles. The highest BCUT2D eigenvalue weighted by molar-refractivity contribution is 6.33. The van der Waals surface area contributed by atoms with E-state index in [1.807, 2.05) is 6.07 Å². The molecule has 100 valence electrons. The summed E-state index contributed by atoms with van der Waals surface area (Å²) < 4.78 is 17.8. The number of anilines is 1. The van der Waals surface area contributed by atoms with E-state index in [-0.39, 0.29) is 11.6 Å². The van der Waals surface area contributed by atoms with Gasteiger partial charge in [-0.25, -0.2) is 4.39 Å². The first kappa shape index (κ1) is 13.5. The molecule has 2 rings (SSSR count). The van der Waals surface area contributed by atoms with Crippen molar-refractivity contribution in [1.82, 2.24) is 0 Å². The number of ether oxygens (including phenoxy) is 1. The Hall–Kier alpha value is -1.94. The maximum absolute atomic E-state index is 12.9. The molecule has 3 nitrogen and oxygen atoms in total. The van der Waals surface area contributed by atoms with Crippen molar-refractivity contribution < 1.29 is 14.2 Å². The smallest absolute Gasteiger partial charge is 0.160 e. The lowest BCUT2D eigenvalue weighted by molar-refractivity contribution is 0.373. The Morgan fingerprint density at radius 2 is 2.05 bits per heavy atom. The lowest BCUT2D eigenvalue weighted by Gasteiger charge is -2.10. The van der Waals surface area contributed by atoms with Gasteiger partial charge in [-0.1, -0.05) is 17.7 Å². The van der Waals surface area contributed by atoms with Gasteiger partial charge in [-0.05, 0) is 35.9 Å². The third kappa shape index (κ3) is 3.29. The Morgan fingerprint density at radius 1 is 1.26 bits per heavy atom. The molecular formula is C14H13ClFNO2. The minimum Gasteiger partial charge on any atom is -0.504 e. The molecule has 0 amide bonds. The first-order valence-electron chi connectivity index (χ1n) is 5.65. The third-order valence-corrected chi connectivity index (χ3v) is 2.97. The highest BCUT2D eigenvalue weighted by Gasteiger charge is 2.04. The van der Waals surface area contributed by atoms with Crippen molar-refractivity contribution in [3.05, 3.63) is 52.8 Å². The topological polar surface area (TPSA) is 41.5 Å². The van der Waals surface area contributed by atoms with Crippen LogP contribution in [0, 0.1) is 5.82 Å². The lowest BCUT2D eigenvalue weighted by atomic mass is 10.2. The van der Waals surface area contributed by atoms with Crippen LogP contribution < -0.4 is 10.1 Å². The molecule has 0 radical (unpaired) electrons. The number of nitrogens with one attached hydrogen (secondary N) is 1. The summed E-state index contributed by atoms with van der Waals surface area (Å²) in [4.78, 5) is 0.